The number of amides is 3. The summed E-state index contributed by atoms with van der Waals surface area (Å²) in [4.78, 5) is 24.1. The summed E-state index contributed by atoms with van der Waals surface area (Å²) in [5.74, 6) is 0.310. The first-order chi connectivity index (χ1) is 16.4. The van der Waals surface area contributed by atoms with Gasteiger partial charge in [-0.15, -0.1) is 0 Å². The van der Waals surface area contributed by atoms with Crippen molar-refractivity contribution in [2.45, 2.75) is 24.2 Å². The van der Waals surface area contributed by atoms with Crippen molar-refractivity contribution in [3.8, 4) is 11.5 Å². The second kappa shape index (κ2) is 12.4. The third kappa shape index (κ3) is 7.17. The predicted molar refractivity (Wildman–Crippen MR) is 127 cm³/mol. The van der Waals surface area contributed by atoms with E-state index in [9.17, 15) is 18.0 Å². The number of anilines is 1. The number of urea groups is 1. The van der Waals surface area contributed by atoms with Gasteiger partial charge in [0.1, 0.15) is 5.75 Å². The van der Waals surface area contributed by atoms with Gasteiger partial charge in [0, 0.05) is 26.7 Å². The molecule has 0 aliphatic carbocycles. The number of carbonyl (C=O) groups excluding carboxylic acids is 2. The van der Waals surface area contributed by atoms with Crippen LogP contribution in [-0.4, -0.2) is 64.6 Å². The highest BCUT2D eigenvalue weighted by molar-refractivity contribution is 7.89. The summed E-state index contributed by atoms with van der Waals surface area (Å²) < 4.78 is 38.5. The number of nitrogens with one attached hydrogen (secondary N) is 3. The Kier molecular flexibility index (Phi) is 9.25. The number of rotatable bonds is 10. The zero-order valence-electron chi connectivity index (χ0n) is 19.1. The SMILES string of the molecule is COCCNC(=O)NC(=O)CNc1cc(S(=O)(=O)N2CCCCC2)ccc1Oc1ccccc1. The van der Waals surface area contributed by atoms with Crippen LogP contribution < -0.4 is 20.7 Å². The zero-order chi connectivity index (χ0) is 24.4. The Morgan fingerprint density at radius 2 is 1.76 bits per heavy atom. The molecule has 0 radical (unpaired) electrons. The van der Waals surface area contributed by atoms with Crippen molar-refractivity contribution in [3.05, 3.63) is 48.5 Å². The van der Waals surface area contributed by atoms with Gasteiger partial charge < -0.3 is 20.1 Å². The van der Waals surface area contributed by atoms with Crippen LogP contribution >= 0.6 is 0 Å². The van der Waals surface area contributed by atoms with E-state index in [1.54, 1.807) is 18.2 Å². The first-order valence-corrected chi connectivity index (χ1v) is 12.5. The van der Waals surface area contributed by atoms with Crippen molar-refractivity contribution < 1.29 is 27.5 Å². The van der Waals surface area contributed by atoms with E-state index in [0.717, 1.165) is 19.3 Å². The molecule has 184 valence electrons. The number of carbonyl (C=O) groups is 2. The van der Waals surface area contributed by atoms with Gasteiger partial charge in [-0.3, -0.25) is 10.1 Å². The van der Waals surface area contributed by atoms with Crippen LogP contribution in [0.25, 0.3) is 0 Å². The Hall–Kier alpha value is -3.15. The molecular weight excluding hydrogens is 460 g/mol. The second-order valence-electron chi connectivity index (χ2n) is 7.69. The van der Waals surface area contributed by atoms with Crippen LogP contribution in [0.3, 0.4) is 0 Å². The van der Waals surface area contributed by atoms with E-state index in [-0.39, 0.29) is 18.0 Å². The first-order valence-electron chi connectivity index (χ1n) is 11.1. The van der Waals surface area contributed by atoms with Crippen LogP contribution in [0.4, 0.5) is 10.5 Å². The number of sulfonamides is 1. The van der Waals surface area contributed by atoms with Gasteiger partial charge in [0.15, 0.2) is 5.75 Å². The Bertz CT molecular complexity index is 1070. The molecule has 0 saturated carbocycles. The van der Waals surface area contributed by atoms with E-state index in [1.165, 1.54) is 23.5 Å². The molecule has 0 aromatic heterocycles. The van der Waals surface area contributed by atoms with Crippen molar-refractivity contribution in [1.82, 2.24) is 14.9 Å². The molecule has 3 N–H and O–H groups in total. The normalized spacial score (nSPS) is 14.3. The Morgan fingerprint density at radius 1 is 1.03 bits per heavy atom. The summed E-state index contributed by atoms with van der Waals surface area (Å²) in [5.41, 5.74) is 0.317. The Balaban J connectivity index is 1.76. The highest BCUT2D eigenvalue weighted by Gasteiger charge is 2.27. The monoisotopic (exact) mass is 490 g/mol. The van der Waals surface area contributed by atoms with Crippen molar-refractivity contribution >= 4 is 27.6 Å². The summed E-state index contributed by atoms with van der Waals surface area (Å²) in [7, 11) is -2.18. The van der Waals surface area contributed by atoms with E-state index >= 15 is 0 Å². The summed E-state index contributed by atoms with van der Waals surface area (Å²) in [6.07, 6.45) is 2.66. The van der Waals surface area contributed by atoms with Gasteiger partial charge >= 0.3 is 6.03 Å². The minimum Gasteiger partial charge on any atom is -0.455 e. The van der Waals surface area contributed by atoms with Crippen LogP contribution in [0, 0.1) is 0 Å². The molecule has 0 spiro atoms. The molecule has 0 atom stereocenters. The smallest absolute Gasteiger partial charge is 0.321 e. The quantitative estimate of drug-likeness (QED) is 0.437. The highest BCUT2D eigenvalue weighted by Crippen LogP contribution is 2.33. The number of imide groups is 1. The maximum absolute atomic E-state index is 13.1. The van der Waals surface area contributed by atoms with Crippen LogP contribution in [0.15, 0.2) is 53.4 Å². The van der Waals surface area contributed by atoms with E-state index in [0.29, 0.717) is 36.9 Å². The lowest BCUT2D eigenvalue weighted by Crippen LogP contribution is -2.43. The largest absolute Gasteiger partial charge is 0.455 e. The number of nitrogens with zero attached hydrogens (tertiary/aromatic N) is 1. The minimum absolute atomic E-state index is 0.107. The average Bonchev–Trinajstić information content (AvgIpc) is 2.84. The molecule has 3 amide bonds. The second-order valence-corrected chi connectivity index (χ2v) is 9.63. The van der Waals surface area contributed by atoms with Gasteiger partial charge in [-0.1, -0.05) is 24.6 Å². The Morgan fingerprint density at radius 3 is 2.47 bits per heavy atom. The van der Waals surface area contributed by atoms with Crippen molar-refractivity contribution in [2.24, 2.45) is 0 Å². The van der Waals surface area contributed by atoms with Gasteiger partial charge in [-0.05, 0) is 43.2 Å². The fourth-order valence-corrected chi connectivity index (χ4v) is 4.97. The predicted octanol–water partition coefficient (Wildman–Crippen LogP) is 2.54. The Labute approximate surface area is 199 Å². The fraction of sp³-hybridized carbons (Fsp3) is 0.391. The maximum atomic E-state index is 13.1. The molecule has 1 aliphatic rings. The van der Waals surface area contributed by atoms with E-state index in [4.69, 9.17) is 9.47 Å². The lowest BCUT2D eigenvalue weighted by molar-refractivity contribution is -0.118. The molecular formula is C23H30N4O6S. The van der Waals surface area contributed by atoms with E-state index in [2.05, 4.69) is 16.0 Å². The topological polar surface area (TPSA) is 126 Å². The van der Waals surface area contributed by atoms with Gasteiger partial charge in [-0.25, -0.2) is 13.2 Å². The standard InChI is InChI=1S/C23H30N4O6S/c1-32-15-12-24-23(29)26-22(28)17-25-20-16-19(34(30,31)27-13-6-3-7-14-27)10-11-21(20)33-18-8-4-2-5-9-18/h2,4-5,8-11,16,25H,3,6-7,12-15,17H2,1H3,(H2,24,26,28,29). The van der Waals surface area contributed by atoms with Gasteiger partial charge in [0.2, 0.25) is 15.9 Å². The summed E-state index contributed by atoms with van der Waals surface area (Å²) in [6, 6.07) is 12.9. The molecule has 34 heavy (non-hydrogen) atoms. The summed E-state index contributed by atoms with van der Waals surface area (Å²) in [6.45, 7) is 1.27. The molecule has 10 nitrogen and oxygen atoms in total. The summed E-state index contributed by atoms with van der Waals surface area (Å²) >= 11 is 0. The summed E-state index contributed by atoms with van der Waals surface area (Å²) in [5, 5.41) is 7.59. The molecule has 1 fully saturated rings. The first kappa shape index (κ1) is 25.5. The zero-order valence-corrected chi connectivity index (χ0v) is 19.9. The number of piperidine rings is 1. The molecule has 0 unspecified atom stereocenters. The molecule has 3 rings (SSSR count). The highest BCUT2D eigenvalue weighted by atomic mass is 32.2. The van der Waals surface area contributed by atoms with Crippen molar-refractivity contribution in [3.63, 3.8) is 0 Å². The molecule has 1 aliphatic heterocycles. The van der Waals surface area contributed by atoms with E-state index in [1.807, 2.05) is 18.2 Å². The minimum atomic E-state index is -3.68. The number of para-hydroxylation sites is 1. The molecule has 1 heterocycles. The van der Waals surface area contributed by atoms with Crippen LogP contribution in [-0.2, 0) is 19.6 Å². The number of hydrogen-bond donors (Lipinski definition) is 3. The lowest BCUT2D eigenvalue weighted by atomic mass is 10.2. The molecule has 2 aromatic carbocycles. The van der Waals surface area contributed by atoms with Crippen molar-refractivity contribution in [2.75, 3.05) is 45.2 Å². The molecule has 1 saturated heterocycles. The van der Waals surface area contributed by atoms with Crippen LogP contribution in [0.1, 0.15) is 19.3 Å². The maximum Gasteiger partial charge on any atom is 0.321 e. The molecule has 2 aromatic rings. The number of methoxy groups -OCH3 is 1. The number of hydrogen-bond acceptors (Lipinski definition) is 7. The fourth-order valence-electron chi connectivity index (χ4n) is 3.42. The molecule has 0 bridgehead atoms. The van der Waals surface area contributed by atoms with Crippen LogP contribution in [0.5, 0.6) is 11.5 Å². The molecule has 11 heteroatoms. The average molecular weight is 491 g/mol. The lowest BCUT2D eigenvalue weighted by Gasteiger charge is -2.26. The van der Waals surface area contributed by atoms with Gasteiger partial charge in [0.25, 0.3) is 0 Å². The van der Waals surface area contributed by atoms with Crippen LogP contribution in [0.2, 0.25) is 0 Å². The third-order valence-corrected chi connectivity index (χ3v) is 7.05. The van der Waals surface area contributed by atoms with Gasteiger partial charge in [-0.2, -0.15) is 4.31 Å². The number of ether oxygens (including phenoxy) is 2. The number of benzene rings is 2. The van der Waals surface area contributed by atoms with Crippen molar-refractivity contribution in [1.29, 1.82) is 0 Å². The van der Waals surface area contributed by atoms with E-state index < -0.39 is 22.0 Å². The van der Waals surface area contributed by atoms with Gasteiger partial charge in [0.05, 0.1) is 23.7 Å². The third-order valence-electron chi connectivity index (χ3n) is 5.16.